The molecule has 2 aromatic rings. The summed E-state index contributed by atoms with van der Waals surface area (Å²) in [7, 11) is 1.69. The Labute approximate surface area is 164 Å². The van der Waals surface area contributed by atoms with Crippen molar-refractivity contribution in [3.8, 4) is 6.07 Å². The molecule has 0 aromatic carbocycles. The normalized spacial score (nSPS) is 23.4. The van der Waals surface area contributed by atoms with Crippen molar-refractivity contribution in [3.05, 3.63) is 45.4 Å². The maximum atomic E-state index is 11.6. The van der Waals surface area contributed by atoms with Gasteiger partial charge in [0.05, 0.1) is 5.56 Å². The highest BCUT2D eigenvalue weighted by Gasteiger charge is 2.41. The van der Waals surface area contributed by atoms with Crippen LogP contribution in [-0.4, -0.2) is 40.9 Å². The Morgan fingerprint density at radius 3 is 2.50 bits per heavy atom. The average Bonchev–Trinajstić information content (AvgIpc) is 3.28. The topological polar surface area (TPSA) is 78.1 Å². The van der Waals surface area contributed by atoms with Gasteiger partial charge in [-0.1, -0.05) is 0 Å². The highest BCUT2D eigenvalue weighted by Crippen LogP contribution is 2.36. The van der Waals surface area contributed by atoms with Crippen molar-refractivity contribution >= 4 is 11.6 Å². The predicted molar refractivity (Wildman–Crippen MR) is 106 cm³/mol. The Morgan fingerprint density at radius 2 is 1.79 bits per heavy atom. The van der Waals surface area contributed by atoms with Crippen molar-refractivity contribution in [2.45, 2.75) is 25.7 Å². The van der Waals surface area contributed by atoms with Gasteiger partial charge >= 0.3 is 0 Å². The minimum Gasteiger partial charge on any atom is -0.355 e. The zero-order valence-corrected chi connectivity index (χ0v) is 16.1. The molecule has 28 heavy (non-hydrogen) atoms. The van der Waals surface area contributed by atoms with Gasteiger partial charge in [-0.15, -0.1) is 0 Å². The first-order chi connectivity index (χ1) is 13.6. The summed E-state index contributed by atoms with van der Waals surface area (Å²) >= 11 is 0. The third-order valence-corrected chi connectivity index (χ3v) is 6.46. The Morgan fingerprint density at radius 1 is 1.07 bits per heavy atom. The van der Waals surface area contributed by atoms with E-state index in [1.165, 1.54) is 28.8 Å². The van der Waals surface area contributed by atoms with Crippen LogP contribution in [0, 0.1) is 23.2 Å². The summed E-state index contributed by atoms with van der Waals surface area (Å²) < 4.78 is 1.39. The van der Waals surface area contributed by atoms with Crippen molar-refractivity contribution < 1.29 is 0 Å². The molecule has 0 bridgehead atoms. The second-order valence-corrected chi connectivity index (χ2v) is 8.27. The maximum absolute atomic E-state index is 11.6. The summed E-state index contributed by atoms with van der Waals surface area (Å²) in [4.78, 5) is 21.1. The van der Waals surface area contributed by atoms with E-state index in [0.717, 1.165) is 56.2 Å². The van der Waals surface area contributed by atoms with Crippen LogP contribution >= 0.6 is 0 Å². The van der Waals surface area contributed by atoms with E-state index in [9.17, 15) is 10.1 Å². The number of fused-ring (bicyclic) bond motifs is 2. The van der Waals surface area contributed by atoms with E-state index in [2.05, 4.69) is 27.0 Å². The number of rotatable bonds is 2. The molecule has 2 unspecified atom stereocenters. The summed E-state index contributed by atoms with van der Waals surface area (Å²) in [5.41, 5.74) is 3.08. The fraction of sp³-hybridized carbons (Fsp3) is 0.524. The minimum atomic E-state index is -0.0863. The average molecular weight is 376 g/mol. The van der Waals surface area contributed by atoms with Crippen LogP contribution in [0.3, 0.4) is 0 Å². The molecule has 2 aliphatic heterocycles. The van der Waals surface area contributed by atoms with E-state index in [1.54, 1.807) is 13.1 Å². The number of aromatic nitrogens is 3. The van der Waals surface area contributed by atoms with Gasteiger partial charge in [0.2, 0.25) is 0 Å². The first kappa shape index (κ1) is 17.2. The zero-order chi connectivity index (χ0) is 19.3. The highest BCUT2D eigenvalue weighted by molar-refractivity contribution is 5.57. The molecular weight excluding hydrogens is 352 g/mol. The molecule has 0 amide bonds. The lowest BCUT2D eigenvalue weighted by Gasteiger charge is -2.25. The molecular formula is C21H24N6O. The van der Waals surface area contributed by atoms with Crippen LogP contribution in [0.15, 0.2) is 23.0 Å². The fourth-order valence-electron chi connectivity index (χ4n) is 4.96. The molecule has 0 N–H and O–H groups in total. The van der Waals surface area contributed by atoms with Crippen molar-refractivity contribution in [2.24, 2.45) is 18.9 Å². The van der Waals surface area contributed by atoms with Crippen LogP contribution in [0.5, 0.6) is 0 Å². The van der Waals surface area contributed by atoms with Gasteiger partial charge in [-0.05, 0) is 43.4 Å². The van der Waals surface area contributed by atoms with Crippen molar-refractivity contribution in [3.63, 3.8) is 0 Å². The Balaban J connectivity index is 1.35. The number of hydrogen-bond donors (Lipinski definition) is 0. The molecule has 144 valence electrons. The van der Waals surface area contributed by atoms with Crippen LogP contribution in [0.1, 0.15) is 29.7 Å². The van der Waals surface area contributed by atoms with Gasteiger partial charge in [0.15, 0.2) is 0 Å². The lowest BCUT2D eigenvalue weighted by atomic mass is 9.95. The first-order valence-corrected chi connectivity index (χ1v) is 10.1. The summed E-state index contributed by atoms with van der Waals surface area (Å²) in [6, 6.07) is 7.85. The Bertz CT molecular complexity index is 1010. The highest BCUT2D eigenvalue weighted by atomic mass is 16.1. The number of nitriles is 1. The van der Waals surface area contributed by atoms with E-state index < -0.39 is 0 Å². The molecule has 0 radical (unpaired) electrons. The van der Waals surface area contributed by atoms with Gasteiger partial charge in [-0.25, -0.2) is 9.67 Å². The predicted octanol–water partition coefficient (Wildman–Crippen LogP) is 1.50. The van der Waals surface area contributed by atoms with Crippen LogP contribution in [-0.2, 0) is 19.9 Å². The SMILES string of the molecule is Cn1nc(N2CC3CN(c4nc5c(cc4C#N)CCCC5)CC3C2)ccc1=O. The third-order valence-electron chi connectivity index (χ3n) is 6.46. The van der Waals surface area contributed by atoms with Crippen molar-refractivity contribution in [1.29, 1.82) is 5.26 Å². The summed E-state index contributed by atoms with van der Waals surface area (Å²) in [5, 5.41) is 14.1. The molecule has 0 saturated carbocycles. The molecule has 4 heterocycles. The van der Waals surface area contributed by atoms with E-state index in [4.69, 9.17) is 4.98 Å². The standard InChI is InChI=1S/C21H24N6O/c1-25-20(28)7-6-19(24-25)26-10-16-12-27(13-17(16)11-26)21-15(9-22)8-14-4-2-3-5-18(14)23-21/h6-8,16-17H,2-5,10-13H2,1H3. The molecule has 5 rings (SSSR count). The van der Waals surface area contributed by atoms with Gasteiger partial charge in [0.25, 0.3) is 5.56 Å². The largest absolute Gasteiger partial charge is 0.355 e. The van der Waals surface area contributed by atoms with Crippen molar-refractivity contribution in [2.75, 3.05) is 36.0 Å². The van der Waals surface area contributed by atoms with Gasteiger partial charge < -0.3 is 9.80 Å². The second-order valence-electron chi connectivity index (χ2n) is 8.27. The van der Waals surface area contributed by atoms with E-state index in [1.807, 2.05) is 6.07 Å². The monoisotopic (exact) mass is 376 g/mol. The fourth-order valence-corrected chi connectivity index (χ4v) is 4.96. The number of anilines is 2. The molecule has 2 saturated heterocycles. The van der Waals surface area contributed by atoms with Gasteiger partial charge in [0, 0.05) is 56.8 Å². The Hall–Kier alpha value is -2.88. The number of pyridine rings is 1. The quantitative estimate of drug-likeness (QED) is 0.790. The lowest BCUT2D eigenvalue weighted by molar-refractivity contribution is 0.533. The number of aryl methyl sites for hydroxylation is 3. The van der Waals surface area contributed by atoms with Crippen LogP contribution in [0.4, 0.5) is 11.6 Å². The van der Waals surface area contributed by atoms with Crippen LogP contribution in [0.2, 0.25) is 0 Å². The van der Waals surface area contributed by atoms with E-state index in [0.29, 0.717) is 11.8 Å². The number of hydrogen-bond acceptors (Lipinski definition) is 6. The number of nitrogens with zero attached hydrogens (tertiary/aromatic N) is 6. The van der Waals surface area contributed by atoms with E-state index >= 15 is 0 Å². The Kier molecular flexibility index (Phi) is 4.08. The molecule has 1 aliphatic carbocycles. The molecule has 7 nitrogen and oxygen atoms in total. The second kappa shape index (κ2) is 6.62. The lowest BCUT2D eigenvalue weighted by Crippen LogP contribution is -2.31. The van der Waals surface area contributed by atoms with Crippen LogP contribution in [0.25, 0.3) is 0 Å². The maximum Gasteiger partial charge on any atom is 0.266 e. The summed E-state index contributed by atoms with van der Waals surface area (Å²) in [6.07, 6.45) is 4.46. The van der Waals surface area contributed by atoms with Crippen LogP contribution < -0.4 is 15.4 Å². The zero-order valence-electron chi connectivity index (χ0n) is 16.1. The van der Waals surface area contributed by atoms with Gasteiger partial charge in [0.1, 0.15) is 17.7 Å². The molecule has 2 atom stereocenters. The molecule has 2 aromatic heterocycles. The summed E-state index contributed by atoms with van der Waals surface area (Å²) in [6.45, 7) is 3.71. The van der Waals surface area contributed by atoms with E-state index in [-0.39, 0.29) is 5.56 Å². The van der Waals surface area contributed by atoms with Gasteiger partial charge in [-0.3, -0.25) is 4.79 Å². The van der Waals surface area contributed by atoms with Crippen molar-refractivity contribution in [1.82, 2.24) is 14.8 Å². The van der Waals surface area contributed by atoms with Gasteiger partial charge in [-0.2, -0.15) is 10.4 Å². The molecule has 7 heteroatoms. The third kappa shape index (κ3) is 2.84. The minimum absolute atomic E-state index is 0.0863. The first-order valence-electron chi connectivity index (χ1n) is 10.1. The smallest absolute Gasteiger partial charge is 0.266 e. The summed E-state index contributed by atoms with van der Waals surface area (Å²) in [5.74, 6) is 2.81. The molecule has 3 aliphatic rings. The molecule has 0 spiro atoms. The molecule has 2 fully saturated rings.